The minimum absolute atomic E-state index is 0.177. The molecule has 0 amide bonds. The molecule has 1 saturated heterocycles. The smallest absolute Gasteiger partial charge is 0.236 e. The Morgan fingerprint density at radius 3 is 2.70 bits per heavy atom. The molecule has 106 valence electrons. The van der Waals surface area contributed by atoms with E-state index >= 15 is 0 Å². The van der Waals surface area contributed by atoms with E-state index in [4.69, 9.17) is 14.2 Å². The van der Waals surface area contributed by atoms with Gasteiger partial charge in [0.05, 0.1) is 0 Å². The van der Waals surface area contributed by atoms with Crippen molar-refractivity contribution in [1.29, 1.82) is 0 Å². The first-order chi connectivity index (χ1) is 9.86. The fraction of sp³-hybridized carbons (Fsp3) is 0.412. The Kier molecular flexibility index (Phi) is 4.19. The molecule has 0 spiro atoms. The average Bonchev–Trinajstić information content (AvgIpc) is 2.50. The van der Waals surface area contributed by atoms with Gasteiger partial charge in [-0.2, -0.15) is 0 Å². The van der Waals surface area contributed by atoms with Crippen molar-refractivity contribution in [2.45, 2.75) is 37.8 Å². The lowest BCUT2D eigenvalue weighted by molar-refractivity contribution is -0.265. The van der Waals surface area contributed by atoms with Gasteiger partial charge in [0, 0.05) is 13.0 Å². The van der Waals surface area contributed by atoms with Crippen molar-refractivity contribution in [1.82, 2.24) is 0 Å². The Morgan fingerprint density at radius 2 is 2.00 bits per heavy atom. The van der Waals surface area contributed by atoms with Crippen LogP contribution in [-0.4, -0.2) is 18.7 Å². The van der Waals surface area contributed by atoms with Crippen molar-refractivity contribution >= 4 is 0 Å². The molecular weight excluding hydrogens is 252 g/mol. The molecule has 3 nitrogen and oxygen atoms in total. The summed E-state index contributed by atoms with van der Waals surface area (Å²) < 4.78 is 17.9. The third kappa shape index (κ3) is 3.30. The van der Waals surface area contributed by atoms with Crippen LogP contribution in [0.5, 0.6) is 5.75 Å². The van der Waals surface area contributed by atoms with E-state index in [1.807, 2.05) is 48.6 Å². The van der Waals surface area contributed by atoms with E-state index in [-0.39, 0.29) is 6.29 Å². The molecule has 1 heterocycles. The van der Waals surface area contributed by atoms with Crippen LogP contribution in [0, 0.1) is 0 Å². The third-order valence-corrected chi connectivity index (χ3v) is 3.50. The summed E-state index contributed by atoms with van der Waals surface area (Å²) in [5.41, 5.74) is 0. The second-order valence-electron chi connectivity index (χ2n) is 5.13. The lowest BCUT2D eigenvalue weighted by Gasteiger charge is -2.36. The summed E-state index contributed by atoms with van der Waals surface area (Å²) in [5.74, 6) is 0.0567. The molecule has 0 radical (unpaired) electrons. The zero-order chi connectivity index (χ0) is 13.7. The van der Waals surface area contributed by atoms with Gasteiger partial charge in [0.25, 0.3) is 0 Å². The van der Waals surface area contributed by atoms with Gasteiger partial charge < -0.3 is 14.2 Å². The highest BCUT2D eigenvalue weighted by Gasteiger charge is 2.34. The number of hydrogen-bond acceptors (Lipinski definition) is 3. The molecular formula is C17H20O3. The van der Waals surface area contributed by atoms with Gasteiger partial charge in [0.1, 0.15) is 5.75 Å². The minimum Gasteiger partial charge on any atom is -0.458 e. The van der Waals surface area contributed by atoms with E-state index < -0.39 is 5.79 Å². The standard InChI is InChI=1S/C17H20O3/c1-3-9-15(10-4-1)19-17(12-6-2-7-13-17)20-16-11-5-8-14-18-16/h1-4,6-7,9-10,12,16H,5,8,11,13-14H2. The Hall–Kier alpha value is -1.58. The first-order valence-corrected chi connectivity index (χ1v) is 7.24. The molecule has 3 heteroatoms. The number of benzene rings is 1. The van der Waals surface area contributed by atoms with Gasteiger partial charge in [-0.05, 0) is 37.5 Å². The van der Waals surface area contributed by atoms with Crippen molar-refractivity contribution in [3.05, 3.63) is 54.6 Å². The topological polar surface area (TPSA) is 27.7 Å². The van der Waals surface area contributed by atoms with Crippen LogP contribution in [0.15, 0.2) is 54.6 Å². The fourth-order valence-corrected chi connectivity index (χ4v) is 2.48. The number of para-hydroxylation sites is 1. The van der Waals surface area contributed by atoms with Gasteiger partial charge in [0.2, 0.25) is 5.79 Å². The SMILES string of the molecule is C1=CCC(Oc2ccccc2)(OC2CCCCO2)C=C1. The van der Waals surface area contributed by atoms with Gasteiger partial charge in [0.15, 0.2) is 6.29 Å². The molecule has 2 aliphatic rings. The van der Waals surface area contributed by atoms with Gasteiger partial charge in [-0.3, -0.25) is 0 Å². The summed E-state index contributed by atoms with van der Waals surface area (Å²) in [6, 6.07) is 9.78. The molecule has 1 aromatic carbocycles. The molecule has 20 heavy (non-hydrogen) atoms. The minimum atomic E-state index is -0.752. The first kappa shape index (κ1) is 13.4. The first-order valence-electron chi connectivity index (χ1n) is 7.24. The van der Waals surface area contributed by atoms with Crippen LogP contribution in [-0.2, 0) is 9.47 Å². The Bertz CT molecular complexity index is 474. The monoisotopic (exact) mass is 272 g/mol. The zero-order valence-electron chi connectivity index (χ0n) is 11.5. The van der Waals surface area contributed by atoms with E-state index in [9.17, 15) is 0 Å². The predicted molar refractivity (Wildman–Crippen MR) is 77.4 cm³/mol. The molecule has 0 N–H and O–H groups in total. The summed E-state index contributed by atoms with van der Waals surface area (Å²) in [5, 5.41) is 0. The fourth-order valence-electron chi connectivity index (χ4n) is 2.48. The molecule has 0 aromatic heterocycles. The van der Waals surface area contributed by atoms with Gasteiger partial charge in [-0.15, -0.1) is 0 Å². The summed E-state index contributed by atoms with van der Waals surface area (Å²) in [6.07, 6.45) is 11.7. The van der Waals surface area contributed by atoms with E-state index in [2.05, 4.69) is 6.08 Å². The average molecular weight is 272 g/mol. The molecule has 2 unspecified atom stereocenters. The van der Waals surface area contributed by atoms with E-state index in [1.54, 1.807) is 0 Å². The van der Waals surface area contributed by atoms with Crippen LogP contribution in [0.25, 0.3) is 0 Å². The lowest BCUT2D eigenvalue weighted by Crippen LogP contribution is -2.42. The molecule has 1 aliphatic carbocycles. The van der Waals surface area contributed by atoms with E-state index in [0.717, 1.165) is 31.6 Å². The van der Waals surface area contributed by atoms with Crippen molar-refractivity contribution in [2.24, 2.45) is 0 Å². The maximum absolute atomic E-state index is 6.14. The second kappa shape index (κ2) is 6.25. The number of hydrogen-bond donors (Lipinski definition) is 0. The molecule has 0 bridgehead atoms. The maximum atomic E-state index is 6.14. The molecule has 0 saturated carbocycles. The predicted octanol–water partition coefficient (Wildman–Crippen LogP) is 3.82. The van der Waals surface area contributed by atoms with Gasteiger partial charge in [-0.1, -0.05) is 36.4 Å². The van der Waals surface area contributed by atoms with Crippen LogP contribution in [0.1, 0.15) is 25.7 Å². The number of rotatable bonds is 4. The largest absolute Gasteiger partial charge is 0.458 e. The molecule has 1 fully saturated rings. The van der Waals surface area contributed by atoms with Crippen LogP contribution in [0.3, 0.4) is 0 Å². The molecule has 3 rings (SSSR count). The molecule has 2 atom stereocenters. The molecule has 1 aromatic rings. The van der Waals surface area contributed by atoms with Crippen LogP contribution in [0.4, 0.5) is 0 Å². The molecule has 1 aliphatic heterocycles. The highest BCUT2D eigenvalue weighted by molar-refractivity contribution is 5.25. The van der Waals surface area contributed by atoms with Crippen LogP contribution >= 0.6 is 0 Å². The van der Waals surface area contributed by atoms with Crippen LogP contribution < -0.4 is 4.74 Å². The zero-order valence-corrected chi connectivity index (χ0v) is 11.5. The van der Waals surface area contributed by atoms with Crippen molar-refractivity contribution in [3.8, 4) is 5.75 Å². The van der Waals surface area contributed by atoms with Gasteiger partial charge >= 0.3 is 0 Å². The Morgan fingerprint density at radius 1 is 1.10 bits per heavy atom. The quantitative estimate of drug-likeness (QED) is 0.780. The second-order valence-corrected chi connectivity index (χ2v) is 5.13. The van der Waals surface area contributed by atoms with Crippen molar-refractivity contribution < 1.29 is 14.2 Å². The highest BCUT2D eigenvalue weighted by Crippen LogP contribution is 2.30. The van der Waals surface area contributed by atoms with E-state index in [1.165, 1.54) is 0 Å². The lowest BCUT2D eigenvalue weighted by atomic mass is 10.1. The van der Waals surface area contributed by atoms with Crippen LogP contribution in [0.2, 0.25) is 0 Å². The van der Waals surface area contributed by atoms with Gasteiger partial charge in [-0.25, -0.2) is 0 Å². The Labute approximate surface area is 119 Å². The normalized spacial score (nSPS) is 29.3. The van der Waals surface area contributed by atoms with Crippen molar-refractivity contribution in [3.63, 3.8) is 0 Å². The Balaban J connectivity index is 1.74. The summed E-state index contributed by atoms with van der Waals surface area (Å²) >= 11 is 0. The summed E-state index contributed by atoms with van der Waals surface area (Å²) in [7, 11) is 0. The number of allylic oxidation sites excluding steroid dienone is 2. The number of ether oxygens (including phenoxy) is 3. The third-order valence-electron chi connectivity index (χ3n) is 3.50. The van der Waals surface area contributed by atoms with E-state index in [0.29, 0.717) is 6.42 Å². The van der Waals surface area contributed by atoms with Crippen molar-refractivity contribution in [2.75, 3.05) is 6.61 Å². The summed E-state index contributed by atoms with van der Waals surface area (Å²) in [6.45, 7) is 0.769. The maximum Gasteiger partial charge on any atom is 0.236 e. The highest BCUT2D eigenvalue weighted by atomic mass is 16.8. The summed E-state index contributed by atoms with van der Waals surface area (Å²) in [4.78, 5) is 0.